The van der Waals surface area contributed by atoms with Crippen LogP contribution in [0.5, 0.6) is 5.75 Å². The fourth-order valence-electron chi connectivity index (χ4n) is 2.97. The van der Waals surface area contributed by atoms with Crippen LogP contribution in [0.4, 0.5) is 4.79 Å². The number of carbonyl (C=O) groups is 1. The van der Waals surface area contributed by atoms with Crippen LogP contribution in [0.25, 0.3) is 11.1 Å². The number of hydrogen-bond donors (Lipinski definition) is 0. The number of pyridine rings is 1. The number of benzene rings is 1. The van der Waals surface area contributed by atoms with Crippen molar-refractivity contribution in [2.45, 2.75) is 45.3 Å². The standard InChI is InChI=1S/C21H25BrN2O3/c1-21(2,3)27-20(25)24-10-8-19(9-11-24)26-18-6-4-15(5-7-18)16-12-17(22)14-23-13-16/h4-7,12-14,19H,8-11H2,1-3H3. The minimum atomic E-state index is -0.462. The fraction of sp³-hybridized carbons (Fsp3) is 0.429. The molecule has 1 aromatic carbocycles. The molecule has 1 aliphatic rings. The second-order valence-electron chi connectivity index (χ2n) is 7.70. The van der Waals surface area contributed by atoms with Crippen molar-refractivity contribution in [3.8, 4) is 16.9 Å². The number of hydrogen-bond acceptors (Lipinski definition) is 4. The summed E-state index contributed by atoms with van der Waals surface area (Å²) in [6.45, 7) is 6.96. The Morgan fingerprint density at radius 2 is 1.78 bits per heavy atom. The Morgan fingerprint density at radius 3 is 2.37 bits per heavy atom. The normalized spacial score (nSPS) is 15.5. The van der Waals surface area contributed by atoms with E-state index < -0.39 is 5.60 Å². The van der Waals surface area contributed by atoms with Crippen LogP contribution in [0.1, 0.15) is 33.6 Å². The first-order chi connectivity index (χ1) is 12.8. The van der Waals surface area contributed by atoms with Gasteiger partial charge < -0.3 is 14.4 Å². The molecule has 27 heavy (non-hydrogen) atoms. The number of rotatable bonds is 3. The SMILES string of the molecule is CC(C)(C)OC(=O)N1CCC(Oc2ccc(-c3cncc(Br)c3)cc2)CC1. The fourth-order valence-corrected chi connectivity index (χ4v) is 3.34. The molecule has 1 fully saturated rings. The van der Waals surface area contributed by atoms with Gasteiger partial charge in [-0.1, -0.05) is 12.1 Å². The summed E-state index contributed by atoms with van der Waals surface area (Å²) in [4.78, 5) is 18.1. The highest BCUT2D eigenvalue weighted by molar-refractivity contribution is 9.10. The molecule has 0 spiro atoms. The molecule has 2 aromatic rings. The van der Waals surface area contributed by atoms with Crippen LogP contribution in [0.15, 0.2) is 47.2 Å². The van der Waals surface area contributed by atoms with E-state index in [1.807, 2.05) is 57.3 Å². The van der Waals surface area contributed by atoms with Gasteiger partial charge in [0.1, 0.15) is 17.5 Å². The van der Waals surface area contributed by atoms with E-state index in [0.717, 1.165) is 34.2 Å². The zero-order chi connectivity index (χ0) is 19.4. The van der Waals surface area contributed by atoms with Crippen molar-refractivity contribution in [3.05, 3.63) is 47.2 Å². The van der Waals surface area contributed by atoms with Gasteiger partial charge in [0.15, 0.2) is 0 Å². The number of ether oxygens (including phenoxy) is 2. The van der Waals surface area contributed by atoms with E-state index in [0.29, 0.717) is 13.1 Å². The molecule has 0 radical (unpaired) electrons. The van der Waals surface area contributed by atoms with Gasteiger partial charge >= 0.3 is 6.09 Å². The van der Waals surface area contributed by atoms with Crippen molar-refractivity contribution < 1.29 is 14.3 Å². The third-order valence-corrected chi connectivity index (χ3v) is 4.72. The summed E-state index contributed by atoms with van der Waals surface area (Å²) in [7, 11) is 0. The lowest BCUT2D eigenvalue weighted by atomic mass is 10.1. The molecule has 2 heterocycles. The molecule has 0 bridgehead atoms. The Kier molecular flexibility index (Phi) is 6.05. The molecule has 1 aliphatic heterocycles. The summed E-state index contributed by atoms with van der Waals surface area (Å²) in [6, 6.07) is 10.1. The van der Waals surface area contributed by atoms with E-state index in [1.54, 1.807) is 11.1 Å². The molecule has 6 heteroatoms. The van der Waals surface area contributed by atoms with E-state index >= 15 is 0 Å². The van der Waals surface area contributed by atoms with Gasteiger partial charge in [-0.05, 0) is 60.5 Å². The highest BCUT2D eigenvalue weighted by atomic mass is 79.9. The van der Waals surface area contributed by atoms with Crippen molar-refractivity contribution in [2.24, 2.45) is 0 Å². The maximum atomic E-state index is 12.1. The molecular formula is C21H25BrN2O3. The predicted molar refractivity (Wildman–Crippen MR) is 109 cm³/mol. The van der Waals surface area contributed by atoms with Gasteiger partial charge in [-0.25, -0.2) is 4.79 Å². The average Bonchev–Trinajstić information content (AvgIpc) is 2.61. The van der Waals surface area contributed by atoms with Crippen LogP contribution >= 0.6 is 15.9 Å². The average molecular weight is 433 g/mol. The molecule has 144 valence electrons. The third-order valence-electron chi connectivity index (χ3n) is 4.29. The summed E-state index contributed by atoms with van der Waals surface area (Å²) >= 11 is 3.45. The summed E-state index contributed by atoms with van der Waals surface area (Å²) in [5.74, 6) is 0.845. The van der Waals surface area contributed by atoms with E-state index in [2.05, 4.69) is 20.9 Å². The number of halogens is 1. The highest BCUT2D eigenvalue weighted by Gasteiger charge is 2.27. The summed E-state index contributed by atoms with van der Waals surface area (Å²) in [5, 5.41) is 0. The Bertz CT molecular complexity index is 779. The van der Waals surface area contributed by atoms with Crippen LogP contribution < -0.4 is 4.74 Å². The molecule has 0 unspecified atom stereocenters. The first kappa shape index (κ1) is 19.7. The van der Waals surface area contributed by atoms with Crippen LogP contribution in [-0.4, -0.2) is 40.8 Å². The van der Waals surface area contributed by atoms with Crippen LogP contribution in [0.2, 0.25) is 0 Å². The molecule has 0 N–H and O–H groups in total. The molecule has 3 rings (SSSR count). The topological polar surface area (TPSA) is 51.7 Å². The highest BCUT2D eigenvalue weighted by Crippen LogP contribution is 2.26. The zero-order valence-corrected chi connectivity index (χ0v) is 17.5. The number of aromatic nitrogens is 1. The van der Waals surface area contributed by atoms with Crippen molar-refractivity contribution in [3.63, 3.8) is 0 Å². The van der Waals surface area contributed by atoms with Crippen molar-refractivity contribution in [1.82, 2.24) is 9.88 Å². The summed E-state index contributed by atoms with van der Waals surface area (Å²) in [6.07, 6.45) is 5.08. The second kappa shape index (κ2) is 8.30. The quantitative estimate of drug-likeness (QED) is 0.660. The molecule has 1 aromatic heterocycles. The van der Waals surface area contributed by atoms with Gasteiger partial charge in [0, 0.05) is 48.4 Å². The second-order valence-corrected chi connectivity index (χ2v) is 8.62. The number of carbonyl (C=O) groups excluding carboxylic acids is 1. The van der Waals surface area contributed by atoms with E-state index in [9.17, 15) is 4.79 Å². The van der Waals surface area contributed by atoms with Crippen molar-refractivity contribution >= 4 is 22.0 Å². The first-order valence-corrected chi connectivity index (χ1v) is 9.95. The largest absolute Gasteiger partial charge is 0.490 e. The van der Waals surface area contributed by atoms with Crippen LogP contribution in [-0.2, 0) is 4.74 Å². The minimum absolute atomic E-state index is 0.113. The van der Waals surface area contributed by atoms with Crippen molar-refractivity contribution in [2.75, 3.05) is 13.1 Å². The smallest absolute Gasteiger partial charge is 0.410 e. The van der Waals surface area contributed by atoms with Gasteiger partial charge in [-0.3, -0.25) is 4.98 Å². The maximum absolute atomic E-state index is 12.1. The minimum Gasteiger partial charge on any atom is -0.490 e. The first-order valence-electron chi connectivity index (χ1n) is 9.16. The molecular weight excluding hydrogens is 408 g/mol. The number of amides is 1. The van der Waals surface area contributed by atoms with Crippen LogP contribution in [0.3, 0.4) is 0 Å². The van der Waals surface area contributed by atoms with Crippen LogP contribution in [0, 0.1) is 0 Å². The monoisotopic (exact) mass is 432 g/mol. The number of nitrogens with zero attached hydrogens (tertiary/aromatic N) is 2. The third kappa shape index (κ3) is 5.70. The Labute approximate surface area is 168 Å². The van der Waals surface area contributed by atoms with E-state index in [-0.39, 0.29) is 12.2 Å². The van der Waals surface area contributed by atoms with Gasteiger partial charge in [0.05, 0.1) is 0 Å². The molecule has 5 nitrogen and oxygen atoms in total. The predicted octanol–water partition coefficient (Wildman–Crippen LogP) is 5.29. The molecule has 0 aliphatic carbocycles. The Morgan fingerprint density at radius 1 is 1.11 bits per heavy atom. The maximum Gasteiger partial charge on any atom is 0.410 e. The lowest BCUT2D eigenvalue weighted by molar-refractivity contribution is 0.0126. The molecule has 1 saturated heterocycles. The van der Waals surface area contributed by atoms with Gasteiger partial charge in [0.25, 0.3) is 0 Å². The molecule has 0 saturated carbocycles. The lowest BCUT2D eigenvalue weighted by Gasteiger charge is -2.33. The zero-order valence-electron chi connectivity index (χ0n) is 15.9. The Hall–Kier alpha value is -2.08. The number of piperidine rings is 1. The van der Waals surface area contributed by atoms with E-state index in [1.165, 1.54) is 0 Å². The van der Waals surface area contributed by atoms with Gasteiger partial charge in [-0.15, -0.1) is 0 Å². The van der Waals surface area contributed by atoms with Gasteiger partial charge in [0.2, 0.25) is 0 Å². The Balaban J connectivity index is 1.53. The van der Waals surface area contributed by atoms with E-state index in [4.69, 9.17) is 9.47 Å². The molecule has 0 atom stereocenters. The van der Waals surface area contributed by atoms with Crippen molar-refractivity contribution in [1.29, 1.82) is 0 Å². The number of likely N-dealkylation sites (tertiary alicyclic amines) is 1. The lowest BCUT2D eigenvalue weighted by Crippen LogP contribution is -2.44. The van der Waals surface area contributed by atoms with Gasteiger partial charge in [-0.2, -0.15) is 0 Å². The molecule has 1 amide bonds. The summed E-state index contributed by atoms with van der Waals surface area (Å²) in [5.41, 5.74) is 1.69. The summed E-state index contributed by atoms with van der Waals surface area (Å²) < 4.78 is 12.5.